The van der Waals surface area contributed by atoms with Crippen LogP contribution in [0.5, 0.6) is 0 Å². The van der Waals surface area contributed by atoms with Gasteiger partial charge in [-0.1, -0.05) is 0 Å². The van der Waals surface area contributed by atoms with Crippen molar-refractivity contribution < 1.29 is 19.2 Å². The number of hydrogen-bond acceptors (Lipinski definition) is 6. The number of thiocarbonyl (C=S) groups is 1. The Balaban J connectivity index is -0.0000000608. The molecule has 0 aliphatic rings. The van der Waals surface area contributed by atoms with Crippen molar-refractivity contribution in [2.24, 2.45) is 10.7 Å². The standard InChI is InChI=1S/C3H8N2O.C3H8N2S.C3H8N2.2C3H7NO.C3H6O/c2*1-4-3(6)5-2;1-3(4)5-2;2*1-3(5)4-2;1-3(2)4/h2*1-2H3,(H2,4,5,6);1-2H3,(H2,4,5);2*1-2H3,(H,4,5);1-2H3. The monoisotopic (exact) mass is 468 g/mol. The maximum Gasteiger partial charge on any atom is 0.314 e. The molecule has 0 saturated carbocycles. The maximum atomic E-state index is 9.96. The van der Waals surface area contributed by atoms with Crippen LogP contribution in [0.3, 0.4) is 0 Å². The Morgan fingerprint density at radius 3 is 0.839 bits per heavy atom. The van der Waals surface area contributed by atoms with Crippen molar-refractivity contribution >= 4 is 46.8 Å². The third-order valence-corrected chi connectivity index (χ3v) is 2.37. The van der Waals surface area contributed by atoms with Crippen LogP contribution in [0.25, 0.3) is 0 Å². The Hall–Kier alpha value is -2.96. The minimum atomic E-state index is -0.157. The number of urea groups is 1. The van der Waals surface area contributed by atoms with E-state index in [1.54, 1.807) is 56.3 Å². The van der Waals surface area contributed by atoms with Crippen LogP contribution in [0.2, 0.25) is 0 Å². The molecule has 0 unspecified atom stereocenters. The van der Waals surface area contributed by atoms with Crippen molar-refractivity contribution in [3.8, 4) is 0 Å². The van der Waals surface area contributed by atoms with E-state index in [1.807, 2.05) is 0 Å². The van der Waals surface area contributed by atoms with Crippen molar-refractivity contribution in [3.63, 3.8) is 0 Å². The van der Waals surface area contributed by atoms with Crippen molar-refractivity contribution in [2.75, 3.05) is 49.3 Å². The van der Waals surface area contributed by atoms with Crippen LogP contribution in [0.15, 0.2) is 4.99 Å². The third kappa shape index (κ3) is 139. The lowest BCUT2D eigenvalue weighted by molar-refractivity contribution is -0.119. The highest BCUT2D eigenvalue weighted by molar-refractivity contribution is 7.80. The first-order valence-corrected chi connectivity index (χ1v) is 9.39. The summed E-state index contributed by atoms with van der Waals surface area (Å²) in [4.78, 5) is 42.4. The number of rotatable bonds is 0. The van der Waals surface area contributed by atoms with Crippen molar-refractivity contribution in [2.45, 2.75) is 34.6 Å². The number of amides is 4. The molecule has 8 N–H and O–H groups in total. The van der Waals surface area contributed by atoms with Gasteiger partial charge in [0.1, 0.15) is 5.78 Å². The molecule has 0 aliphatic heterocycles. The fraction of sp³-hybridized carbons (Fsp3) is 0.667. The Kier molecular flexibility index (Phi) is 51.4. The molecule has 31 heavy (non-hydrogen) atoms. The van der Waals surface area contributed by atoms with Gasteiger partial charge >= 0.3 is 6.03 Å². The molecule has 0 atom stereocenters. The van der Waals surface area contributed by atoms with Crippen molar-refractivity contribution in [1.29, 1.82) is 0 Å². The smallest absolute Gasteiger partial charge is 0.314 e. The molecular formula is C18H44N8O4S. The van der Waals surface area contributed by atoms with E-state index in [4.69, 9.17) is 5.73 Å². The zero-order valence-corrected chi connectivity index (χ0v) is 21.9. The van der Waals surface area contributed by atoms with E-state index in [0.717, 1.165) is 0 Å². The topological polar surface area (TPSA) is 179 Å². The molecule has 0 spiro atoms. The quantitative estimate of drug-likeness (QED) is 0.139. The van der Waals surface area contributed by atoms with E-state index in [9.17, 15) is 19.2 Å². The summed E-state index contributed by atoms with van der Waals surface area (Å²) in [6, 6.07) is -0.157. The summed E-state index contributed by atoms with van der Waals surface area (Å²) < 4.78 is 0. The van der Waals surface area contributed by atoms with Gasteiger partial charge in [0.05, 0.1) is 5.84 Å². The van der Waals surface area contributed by atoms with E-state index in [-0.39, 0.29) is 23.6 Å². The highest BCUT2D eigenvalue weighted by Crippen LogP contribution is 1.53. The molecule has 0 aliphatic carbocycles. The second-order valence-corrected chi connectivity index (χ2v) is 5.45. The van der Waals surface area contributed by atoms with Crippen LogP contribution in [0.4, 0.5) is 4.79 Å². The fourth-order valence-corrected chi connectivity index (χ4v) is 0.250. The van der Waals surface area contributed by atoms with Gasteiger partial charge in [-0.15, -0.1) is 0 Å². The summed E-state index contributed by atoms with van der Waals surface area (Å²) in [6.07, 6.45) is 0. The largest absolute Gasteiger partial charge is 0.388 e. The lowest BCUT2D eigenvalue weighted by Gasteiger charge is -1.95. The van der Waals surface area contributed by atoms with Crippen LogP contribution in [-0.2, 0) is 14.4 Å². The Labute approximate surface area is 193 Å². The number of aliphatic imine (C=N–C) groups is 1. The summed E-state index contributed by atoms with van der Waals surface area (Å²) in [6.45, 7) is 7.75. The molecule has 0 aromatic rings. The Bertz CT molecular complexity index is 451. The summed E-state index contributed by atoms with van der Waals surface area (Å²) in [5.41, 5.74) is 5.04. The van der Waals surface area contributed by atoms with Gasteiger partial charge in [-0.2, -0.15) is 0 Å². The molecular weight excluding hydrogens is 424 g/mol. The number of carbonyl (C=O) groups is 4. The zero-order chi connectivity index (χ0) is 26.4. The van der Waals surface area contributed by atoms with Gasteiger partial charge in [-0.3, -0.25) is 14.6 Å². The average molecular weight is 469 g/mol. The summed E-state index contributed by atoms with van der Waals surface area (Å²) in [5, 5.41) is 15.7. The van der Waals surface area contributed by atoms with Gasteiger partial charge in [-0.25, -0.2) is 4.79 Å². The minimum Gasteiger partial charge on any atom is -0.388 e. The number of Topliss-reactive ketones (excluding diaryl/α,β-unsaturated/α-hetero) is 1. The first-order chi connectivity index (χ1) is 14.2. The first-order valence-electron chi connectivity index (χ1n) is 8.98. The second kappa shape index (κ2) is 37.7. The van der Waals surface area contributed by atoms with E-state index in [0.29, 0.717) is 10.9 Å². The average Bonchev–Trinajstić information content (AvgIpc) is 2.73. The molecule has 12 nitrogen and oxygen atoms in total. The predicted octanol–water partition coefficient (Wildman–Crippen LogP) is -0.651. The highest BCUT2D eigenvalue weighted by Gasteiger charge is 1.81. The molecule has 4 amide bonds. The van der Waals surface area contributed by atoms with Crippen LogP contribution < -0.4 is 37.6 Å². The lowest BCUT2D eigenvalue weighted by Crippen LogP contribution is -2.28. The van der Waals surface area contributed by atoms with Gasteiger partial charge < -0.3 is 42.4 Å². The molecule has 0 aromatic carbocycles. The predicted molar refractivity (Wildman–Crippen MR) is 133 cm³/mol. The van der Waals surface area contributed by atoms with Gasteiger partial charge in [0.15, 0.2) is 5.11 Å². The molecule has 0 saturated heterocycles. The fourth-order valence-electron chi connectivity index (χ4n) is 0.250. The van der Waals surface area contributed by atoms with Crippen LogP contribution in [-0.4, -0.2) is 83.9 Å². The SMILES string of the molecule is CC(C)=O.CN=C(C)N.CNC(=O)NC.CNC(=S)NC.CNC(C)=O.CNC(C)=O. The zero-order valence-electron chi connectivity index (χ0n) is 21.1. The molecule has 0 radical (unpaired) electrons. The molecule has 0 fully saturated rings. The lowest BCUT2D eigenvalue weighted by atomic mass is 10.6. The minimum absolute atomic E-state index is 0.00463. The van der Waals surface area contributed by atoms with Gasteiger partial charge in [0.2, 0.25) is 11.8 Å². The van der Waals surface area contributed by atoms with Gasteiger partial charge in [0, 0.05) is 63.2 Å². The Morgan fingerprint density at radius 1 is 0.645 bits per heavy atom. The van der Waals surface area contributed by atoms with E-state index in [1.165, 1.54) is 27.7 Å². The molecule has 0 rings (SSSR count). The van der Waals surface area contributed by atoms with E-state index < -0.39 is 0 Å². The maximum absolute atomic E-state index is 9.96. The number of hydrogen-bond donors (Lipinski definition) is 7. The van der Waals surface area contributed by atoms with Gasteiger partial charge in [-0.05, 0) is 33.0 Å². The molecule has 0 bridgehead atoms. The summed E-state index contributed by atoms with van der Waals surface area (Å²) in [5.74, 6) is 0.806. The summed E-state index contributed by atoms with van der Waals surface area (Å²) >= 11 is 4.63. The van der Waals surface area contributed by atoms with Crippen LogP contribution >= 0.6 is 12.2 Å². The van der Waals surface area contributed by atoms with Crippen molar-refractivity contribution in [1.82, 2.24) is 31.9 Å². The highest BCUT2D eigenvalue weighted by atomic mass is 32.1. The number of ketones is 1. The Morgan fingerprint density at radius 2 is 0.839 bits per heavy atom. The summed E-state index contributed by atoms with van der Waals surface area (Å²) in [7, 11) is 11.6. The molecule has 0 heterocycles. The van der Waals surface area contributed by atoms with Crippen molar-refractivity contribution in [3.05, 3.63) is 0 Å². The third-order valence-electron chi connectivity index (χ3n) is 1.97. The van der Waals surface area contributed by atoms with E-state index in [2.05, 4.69) is 49.1 Å². The van der Waals surface area contributed by atoms with Crippen LogP contribution in [0.1, 0.15) is 34.6 Å². The van der Waals surface area contributed by atoms with Gasteiger partial charge in [0.25, 0.3) is 0 Å². The molecule has 186 valence electrons. The first kappa shape index (κ1) is 42.2. The number of nitrogens with two attached hydrogens (primary N) is 1. The number of nitrogens with one attached hydrogen (secondary N) is 6. The van der Waals surface area contributed by atoms with E-state index >= 15 is 0 Å². The number of carbonyl (C=O) groups excluding carboxylic acids is 4. The van der Waals surface area contributed by atoms with Crippen LogP contribution in [0, 0.1) is 0 Å². The normalized spacial score (nSPS) is 7.68. The second-order valence-electron chi connectivity index (χ2n) is 5.04. The number of amidine groups is 1. The molecule has 13 heteroatoms. The number of nitrogens with zero attached hydrogens (tertiary/aromatic N) is 1. The molecule has 0 aromatic heterocycles.